The molecule has 0 radical (unpaired) electrons. The van der Waals surface area contributed by atoms with Crippen molar-refractivity contribution in [1.82, 2.24) is 20.4 Å². The maximum Gasteiger partial charge on any atom is 0.241 e. The van der Waals surface area contributed by atoms with Gasteiger partial charge in [0.05, 0.1) is 19.8 Å². The van der Waals surface area contributed by atoms with Gasteiger partial charge in [0, 0.05) is 36.8 Å². The topological polar surface area (TPSA) is 83.7 Å². The Balaban J connectivity index is 1.06. The molecule has 0 bridgehead atoms. The van der Waals surface area contributed by atoms with E-state index in [1.54, 1.807) is 0 Å². The average Bonchev–Trinajstić information content (AvgIpc) is 3.37. The summed E-state index contributed by atoms with van der Waals surface area (Å²) in [7, 11) is 0. The van der Waals surface area contributed by atoms with E-state index in [9.17, 15) is 4.79 Å². The van der Waals surface area contributed by atoms with Crippen LogP contribution in [0.25, 0.3) is 11.4 Å². The van der Waals surface area contributed by atoms with Crippen molar-refractivity contribution in [1.29, 1.82) is 0 Å². The molecule has 2 saturated heterocycles. The number of aromatic nitrogens is 2. The monoisotopic (exact) mass is 475 g/mol. The molecular weight excluding hydrogens is 442 g/mol. The van der Waals surface area contributed by atoms with Crippen LogP contribution < -0.4 is 10.2 Å². The third-order valence-electron chi connectivity index (χ3n) is 6.84. The van der Waals surface area contributed by atoms with Crippen molar-refractivity contribution in [3.63, 3.8) is 0 Å². The number of rotatable bonds is 7. The second-order valence-electron chi connectivity index (χ2n) is 9.42. The lowest BCUT2D eigenvalue weighted by Crippen LogP contribution is -2.40. The zero-order chi connectivity index (χ0) is 24.0. The van der Waals surface area contributed by atoms with Crippen molar-refractivity contribution >= 4 is 11.6 Å². The van der Waals surface area contributed by atoms with E-state index in [0.717, 1.165) is 63.4 Å². The van der Waals surface area contributed by atoms with Crippen LogP contribution in [0.1, 0.15) is 29.9 Å². The van der Waals surface area contributed by atoms with Crippen LogP contribution in [0, 0.1) is 12.8 Å². The summed E-state index contributed by atoms with van der Waals surface area (Å²) in [6.45, 7) is 8.31. The highest BCUT2D eigenvalue weighted by Gasteiger charge is 2.26. The summed E-state index contributed by atoms with van der Waals surface area (Å²) in [5.74, 6) is 1.42. The normalized spacial score (nSPS) is 17.5. The van der Waals surface area contributed by atoms with E-state index in [-0.39, 0.29) is 11.8 Å². The van der Waals surface area contributed by atoms with Gasteiger partial charge in [0.2, 0.25) is 17.6 Å². The number of carbonyl (C=O) groups is 1. The van der Waals surface area contributed by atoms with Crippen molar-refractivity contribution in [2.75, 3.05) is 44.3 Å². The highest BCUT2D eigenvalue weighted by molar-refractivity contribution is 5.78. The first-order chi connectivity index (χ1) is 17.1. The van der Waals surface area contributed by atoms with Gasteiger partial charge in [-0.15, -0.1) is 0 Å². The van der Waals surface area contributed by atoms with Crippen LogP contribution in [0.4, 0.5) is 5.69 Å². The van der Waals surface area contributed by atoms with Gasteiger partial charge in [0.1, 0.15) is 0 Å². The number of likely N-dealkylation sites (tertiary alicyclic amines) is 1. The minimum Gasteiger partial charge on any atom is -0.378 e. The Morgan fingerprint density at radius 1 is 1.06 bits per heavy atom. The van der Waals surface area contributed by atoms with Gasteiger partial charge in [-0.25, -0.2) is 0 Å². The quantitative estimate of drug-likeness (QED) is 0.561. The molecule has 3 aromatic rings. The largest absolute Gasteiger partial charge is 0.378 e. The predicted molar refractivity (Wildman–Crippen MR) is 134 cm³/mol. The predicted octanol–water partition coefficient (Wildman–Crippen LogP) is 3.41. The molecular formula is C27H33N5O3. The maximum absolute atomic E-state index is 12.7. The molecule has 0 spiro atoms. The molecule has 2 aromatic carbocycles. The number of hydrogen-bond acceptors (Lipinski definition) is 7. The molecule has 0 unspecified atom stereocenters. The third kappa shape index (κ3) is 6.07. The van der Waals surface area contributed by atoms with Crippen LogP contribution in [-0.4, -0.2) is 60.3 Å². The number of carbonyl (C=O) groups excluding carboxylic acids is 1. The van der Waals surface area contributed by atoms with Gasteiger partial charge in [0.25, 0.3) is 0 Å². The van der Waals surface area contributed by atoms with Gasteiger partial charge in [-0.3, -0.25) is 9.69 Å². The Morgan fingerprint density at radius 3 is 2.57 bits per heavy atom. The Morgan fingerprint density at radius 2 is 1.83 bits per heavy atom. The number of aryl methyl sites for hydroxylation is 1. The van der Waals surface area contributed by atoms with Gasteiger partial charge in [-0.2, -0.15) is 4.98 Å². The molecule has 8 nitrogen and oxygen atoms in total. The van der Waals surface area contributed by atoms with E-state index < -0.39 is 0 Å². The number of hydrogen-bond donors (Lipinski definition) is 1. The molecule has 1 N–H and O–H groups in total. The average molecular weight is 476 g/mol. The number of benzene rings is 2. The van der Waals surface area contributed by atoms with Crippen LogP contribution in [0.2, 0.25) is 0 Å². The first kappa shape index (κ1) is 23.5. The molecule has 5 rings (SSSR count). The van der Waals surface area contributed by atoms with E-state index >= 15 is 0 Å². The van der Waals surface area contributed by atoms with Crippen molar-refractivity contribution in [2.24, 2.45) is 5.92 Å². The Bertz CT molecular complexity index is 1120. The van der Waals surface area contributed by atoms with E-state index in [4.69, 9.17) is 9.26 Å². The number of piperidine rings is 1. The molecule has 1 aromatic heterocycles. The summed E-state index contributed by atoms with van der Waals surface area (Å²) < 4.78 is 10.9. The van der Waals surface area contributed by atoms with Crippen molar-refractivity contribution in [3.8, 4) is 11.4 Å². The molecule has 2 aliphatic heterocycles. The number of morpholine rings is 1. The summed E-state index contributed by atoms with van der Waals surface area (Å²) in [5, 5.41) is 7.26. The van der Waals surface area contributed by atoms with Gasteiger partial charge in [-0.1, -0.05) is 41.1 Å². The molecule has 0 aliphatic carbocycles. The SMILES string of the molecule is Cc1cccc(-c2noc(CN3CCC(C(=O)NCc4ccc(N5CCOCC5)cc4)CC3)n2)c1. The van der Waals surface area contributed by atoms with Gasteiger partial charge < -0.3 is 19.5 Å². The van der Waals surface area contributed by atoms with Crippen LogP contribution >= 0.6 is 0 Å². The Hall–Kier alpha value is -3.23. The number of anilines is 1. The third-order valence-corrected chi connectivity index (χ3v) is 6.84. The molecule has 0 saturated carbocycles. The lowest BCUT2D eigenvalue weighted by Gasteiger charge is -2.30. The van der Waals surface area contributed by atoms with Crippen LogP contribution in [0.15, 0.2) is 53.1 Å². The van der Waals surface area contributed by atoms with E-state index in [2.05, 4.69) is 55.6 Å². The van der Waals surface area contributed by atoms with Gasteiger partial charge in [-0.05, 0) is 56.6 Å². The second kappa shape index (κ2) is 11.0. The number of ether oxygens (including phenoxy) is 1. The summed E-state index contributed by atoms with van der Waals surface area (Å²) in [6, 6.07) is 16.6. The highest BCUT2D eigenvalue weighted by atomic mass is 16.5. The zero-order valence-corrected chi connectivity index (χ0v) is 20.3. The highest BCUT2D eigenvalue weighted by Crippen LogP contribution is 2.22. The van der Waals surface area contributed by atoms with Crippen LogP contribution in [-0.2, 0) is 22.6 Å². The molecule has 8 heteroatoms. The second-order valence-corrected chi connectivity index (χ2v) is 9.42. The van der Waals surface area contributed by atoms with Gasteiger partial charge >= 0.3 is 0 Å². The zero-order valence-electron chi connectivity index (χ0n) is 20.3. The maximum atomic E-state index is 12.7. The molecule has 2 fully saturated rings. The van der Waals surface area contributed by atoms with Crippen molar-refractivity contribution in [2.45, 2.75) is 32.9 Å². The Labute approximate surface area is 206 Å². The fourth-order valence-corrected chi connectivity index (χ4v) is 4.74. The van der Waals surface area contributed by atoms with E-state index in [0.29, 0.717) is 24.8 Å². The van der Waals surface area contributed by atoms with Crippen molar-refractivity contribution < 1.29 is 14.1 Å². The molecule has 35 heavy (non-hydrogen) atoms. The standard InChI is InChI=1S/C27H33N5O3/c1-20-3-2-4-23(17-20)26-29-25(35-30-26)19-31-11-9-22(10-12-31)27(33)28-18-21-5-7-24(8-6-21)32-13-15-34-16-14-32/h2-8,17,22H,9-16,18-19H2,1H3,(H,28,33). The molecule has 1 amide bonds. The lowest BCUT2D eigenvalue weighted by molar-refractivity contribution is -0.126. The Kier molecular flexibility index (Phi) is 7.39. The summed E-state index contributed by atoms with van der Waals surface area (Å²) in [4.78, 5) is 21.9. The minimum atomic E-state index is 0.0458. The number of nitrogens with zero attached hydrogens (tertiary/aromatic N) is 4. The van der Waals surface area contributed by atoms with Crippen LogP contribution in [0.5, 0.6) is 0 Å². The smallest absolute Gasteiger partial charge is 0.241 e. The molecule has 3 heterocycles. The molecule has 2 aliphatic rings. The summed E-state index contributed by atoms with van der Waals surface area (Å²) in [6.07, 6.45) is 1.67. The number of amides is 1. The van der Waals surface area contributed by atoms with E-state index in [1.807, 2.05) is 25.1 Å². The van der Waals surface area contributed by atoms with Gasteiger partial charge in [0.15, 0.2) is 0 Å². The first-order valence-electron chi connectivity index (χ1n) is 12.5. The fourth-order valence-electron chi connectivity index (χ4n) is 4.74. The molecule has 184 valence electrons. The van der Waals surface area contributed by atoms with E-state index in [1.165, 1.54) is 11.3 Å². The first-order valence-corrected chi connectivity index (χ1v) is 12.5. The molecule has 0 atom stereocenters. The van der Waals surface area contributed by atoms with Crippen molar-refractivity contribution in [3.05, 3.63) is 65.5 Å². The lowest BCUT2D eigenvalue weighted by atomic mass is 9.96. The fraction of sp³-hybridized carbons (Fsp3) is 0.444. The summed E-state index contributed by atoms with van der Waals surface area (Å²) >= 11 is 0. The summed E-state index contributed by atoms with van der Waals surface area (Å²) in [5.41, 5.74) is 4.46. The van der Waals surface area contributed by atoms with Crippen LogP contribution in [0.3, 0.4) is 0 Å². The number of nitrogens with one attached hydrogen (secondary N) is 1. The minimum absolute atomic E-state index is 0.0458.